The lowest BCUT2D eigenvalue weighted by molar-refractivity contribution is -0.118. The fourth-order valence-corrected chi connectivity index (χ4v) is 3.96. The quantitative estimate of drug-likeness (QED) is 0.457. The van der Waals surface area contributed by atoms with Gasteiger partial charge in [-0.2, -0.15) is 0 Å². The molecule has 3 aromatic rings. The van der Waals surface area contributed by atoms with Gasteiger partial charge in [0.25, 0.3) is 15.9 Å². The number of sulfonamides is 1. The van der Waals surface area contributed by atoms with E-state index >= 15 is 0 Å². The van der Waals surface area contributed by atoms with E-state index in [4.69, 9.17) is 16.3 Å². The number of amides is 1. The van der Waals surface area contributed by atoms with E-state index in [9.17, 15) is 13.2 Å². The summed E-state index contributed by atoms with van der Waals surface area (Å²) >= 11 is 9.37. The second kappa shape index (κ2) is 9.51. The Hall–Kier alpha value is -2.55. The van der Waals surface area contributed by atoms with Crippen LogP contribution < -0.4 is 14.8 Å². The molecule has 0 radical (unpaired) electrons. The number of halogens is 2. The Kier molecular flexibility index (Phi) is 7.02. The first-order valence-electron chi connectivity index (χ1n) is 8.80. The van der Waals surface area contributed by atoms with Gasteiger partial charge in [0.1, 0.15) is 5.75 Å². The van der Waals surface area contributed by atoms with Crippen LogP contribution >= 0.6 is 27.5 Å². The standard InChI is InChI=1S/C21H18BrClN2O4S/c1-14-2-5-17(12-20(14)23)25-30(27,28)19-10-8-18(9-11-19)29-13-21(26)24-16-6-3-15(22)4-7-16/h2-12,25H,13H2,1H3,(H,24,26). The van der Waals surface area contributed by atoms with Gasteiger partial charge in [-0.3, -0.25) is 9.52 Å². The number of nitrogens with one attached hydrogen (secondary N) is 2. The highest BCUT2D eigenvalue weighted by Gasteiger charge is 2.15. The number of anilines is 2. The number of rotatable bonds is 7. The first-order valence-corrected chi connectivity index (χ1v) is 11.5. The van der Waals surface area contributed by atoms with Gasteiger partial charge in [0.2, 0.25) is 0 Å². The molecule has 1 amide bonds. The van der Waals surface area contributed by atoms with E-state index in [1.165, 1.54) is 24.3 Å². The van der Waals surface area contributed by atoms with Crippen LogP contribution in [-0.4, -0.2) is 20.9 Å². The third-order valence-electron chi connectivity index (χ3n) is 4.06. The van der Waals surface area contributed by atoms with Crippen LogP contribution in [0.1, 0.15) is 5.56 Å². The van der Waals surface area contributed by atoms with Crippen LogP contribution in [0.5, 0.6) is 5.75 Å². The Morgan fingerprint density at radius 2 is 1.63 bits per heavy atom. The number of carbonyl (C=O) groups is 1. The van der Waals surface area contributed by atoms with E-state index in [0.717, 1.165) is 10.0 Å². The van der Waals surface area contributed by atoms with Crippen molar-refractivity contribution < 1.29 is 17.9 Å². The molecule has 0 spiro atoms. The summed E-state index contributed by atoms with van der Waals surface area (Å²) < 4.78 is 33.9. The lowest BCUT2D eigenvalue weighted by Crippen LogP contribution is -2.20. The van der Waals surface area contributed by atoms with E-state index in [-0.39, 0.29) is 17.4 Å². The predicted octanol–water partition coefficient (Wildman–Crippen LogP) is 5.23. The lowest BCUT2D eigenvalue weighted by Gasteiger charge is -2.11. The zero-order valence-corrected chi connectivity index (χ0v) is 19.0. The highest BCUT2D eigenvalue weighted by Crippen LogP contribution is 2.23. The Bertz CT molecular complexity index is 1150. The lowest BCUT2D eigenvalue weighted by atomic mass is 10.2. The maximum Gasteiger partial charge on any atom is 0.262 e. The number of carbonyl (C=O) groups excluding carboxylic acids is 1. The van der Waals surface area contributed by atoms with Gasteiger partial charge < -0.3 is 10.1 Å². The molecule has 3 aromatic carbocycles. The van der Waals surface area contributed by atoms with Crippen LogP contribution in [-0.2, 0) is 14.8 Å². The van der Waals surface area contributed by atoms with Gasteiger partial charge in [0.15, 0.2) is 6.61 Å². The van der Waals surface area contributed by atoms with E-state index in [0.29, 0.717) is 22.1 Å². The summed E-state index contributed by atoms with van der Waals surface area (Å²) in [6.45, 7) is 1.63. The van der Waals surface area contributed by atoms with Crippen molar-refractivity contribution in [1.29, 1.82) is 0 Å². The van der Waals surface area contributed by atoms with Gasteiger partial charge >= 0.3 is 0 Å². The Balaban J connectivity index is 1.58. The number of benzene rings is 3. The molecule has 156 valence electrons. The molecule has 9 heteroatoms. The molecule has 0 aliphatic heterocycles. The minimum absolute atomic E-state index is 0.0610. The molecule has 0 heterocycles. The smallest absolute Gasteiger partial charge is 0.262 e. The summed E-state index contributed by atoms with van der Waals surface area (Å²) in [5.41, 5.74) is 1.87. The van der Waals surface area contributed by atoms with Crippen LogP contribution in [0, 0.1) is 6.92 Å². The molecule has 30 heavy (non-hydrogen) atoms. The molecule has 0 unspecified atom stereocenters. The third-order valence-corrected chi connectivity index (χ3v) is 6.39. The molecule has 0 bridgehead atoms. The Labute approximate surface area is 188 Å². The van der Waals surface area contributed by atoms with Crippen molar-refractivity contribution in [3.63, 3.8) is 0 Å². The first kappa shape index (κ1) is 22.1. The van der Waals surface area contributed by atoms with Crippen molar-refractivity contribution in [3.8, 4) is 5.75 Å². The van der Waals surface area contributed by atoms with Gasteiger partial charge in [-0.05, 0) is 73.2 Å². The molecule has 3 rings (SSSR count). The normalized spacial score (nSPS) is 11.0. The molecular weight excluding hydrogens is 492 g/mol. The summed E-state index contributed by atoms with van der Waals surface area (Å²) in [6.07, 6.45) is 0. The predicted molar refractivity (Wildman–Crippen MR) is 122 cm³/mol. The molecule has 0 aromatic heterocycles. The molecule has 6 nitrogen and oxygen atoms in total. The minimum atomic E-state index is -3.78. The van der Waals surface area contributed by atoms with Crippen LogP contribution in [0.4, 0.5) is 11.4 Å². The SMILES string of the molecule is Cc1ccc(NS(=O)(=O)c2ccc(OCC(=O)Nc3ccc(Br)cc3)cc2)cc1Cl. The summed E-state index contributed by atoms with van der Waals surface area (Å²) in [5, 5.41) is 3.18. The molecule has 0 atom stereocenters. The largest absolute Gasteiger partial charge is 0.484 e. The fourth-order valence-electron chi connectivity index (χ4n) is 2.46. The van der Waals surface area contributed by atoms with Crippen molar-refractivity contribution in [2.24, 2.45) is 0 Å². The van der Waals surface area contributed by atoms with Gasteiger partial charge in [-0.25, -0.2) is 8.42 Å². The fraction of sp³-hybridized carbons (Fsp3) is 0.0952. The Morgan fingerprint density at radius 3 is 2.27 bits per heavy atom. The minimum Gasteiger partial charge on any atom is -0.484 e. The zero-order chi connectivity index (χ0) is 21.7. The summed E-state index contributed by atoms with van der Waals surface area (Å²) in [7, 11) is -3.78. The zero-order valence-electron chi connectivity index (χ0n) is 15.9. The summed E-state index contributed by atoms with van der Waals surface area (Å²) in [4.78, 5) is 12.0. The van der Waals surface area contributed by atoms with Crippen molar-refractivity contribution in [2.75, 3.05) is 16.6 Å². The monoisotopic (exact) mass is 508 g/mol. The van der Waals surface area contributed by atoms with E-state index < -0.39 is 10.0 Å². The second-order valence-electron chi connectivity index (χ2n) is 6.38. The maximum absolute atomic E-state index is 12.5. The molecule has 0 aliphatic carbocycles. The van der Waals surface area contributed by atoms with Gasteiger partial charge in [-0.1, -0.05) is 33.6 Å². The van der Waals surface area contributed by atoms with Crippen molar-refractivity contribution >= 4 is 54.8 Å². The topological polar surface area (TPSA) is 84.5 Å². The van der Waals surface area contributed by atoms with Crippen molar-refractivity contribution in [2.45, 2.75) is 11.8 Å². The van der Waals surface area contributed by atoms with E-state index in [2.05, 4.69) is 26.0 Å². The molecular formula is C21H18BrClN2O4S. The highest BCUT2D eigenvalue weighted by molar-refractivity contribution is 9.10. The molecule has 0 aliphatic rings. The van der Waals surface area contributed by atoms with E-state index in [1.807, 2.05) is 19.1 Å². The summed E-state index contributed by atoms with van der Waals surface area (Å²) in [6, 6.07) is 17.9. The van der Waals surface area contributed by atoms with Gasteiger partial charge in [-0.15, -0.1) is 0 Å². The average molecular weight is 510 g/mol. The van der Waals surface area contributed by atoms with Crippen LogP contribution in [0.3, 0.4) is 0 Å². The molecule has 0 fully saturated rings. The van der Waals surface area contributed by atoms with Crippen LogP contribution in [0.2, 0.25) is 5.02 Å². The highest BCUT2D eigenvalue weighted by atomic mass is 79.9. The molecule has 2 N–H and O–H groups in total. The number of ether oxygens (including phenoxy) is 1. The van der Waals surface area contributed by atoms with Crippen molar-refractivity contribution in [3.05, 3.63) is 81.8 Å². The average Bonchev–Trinajstić information content (AvgIpc) is 2.71. The second-order valence-corrected chi connectivity index (χ2v) is 9.39. The van der Waals surface area contributed by atoms with E-state index in [1.54, 1.807) is 30.3 Å². The van der Waals surface area contributed by atoms with Crippen LogP contribution in [0.25, 0.3) is 0 Å². The van der Waals surface area contributed by atoms with Gasteiger partial charge in [0.05, 0.1) is 10.6 Å². The number of hydrogen-bond acceptors (Lipinski definition) is 4. The first-order chi connectivity index (χ1) is 14.2. The third kappa shape index (κ3) is 5.98. The van der Waals surface area contributed by atoms with Crippen molar-refractivity contribution in [1.82, 2.24) is 0 Å². The van der Waals surface area contributed by atoms with Crippen LogP contribution in [0.15, 0.2) is 76.1 Å². The summed E-state index contributed by atoms with van der Waals surface area (Å²) in [5.74, 6) is 0.0465. The molecule has 0 saturated carbocycles. The molecule has 0 saturated heterocycles. The maximum atomic E-state index is 12.5. The number of aryl methyl sites for hydroxylation is 1. The van der Waals surface area contributed by atoms with Gasteiger partial charge in [0, 0.05) is 15.2 Å². The Morgan fingerprint density at radius 1 is 1.00 bits per heavy atom. The number of hydrogen-bond donors (Lipinski definition) is 2.